The van der Waals surface area contributed by atoms with Gasteiger partial charge in [-0.05, 0) is 51.8 Å². The van der Waals surface area contributed by atoms with Gasteiger partial charge in [-0.1, -0.05) is 13.8 Å². The third-order valence-corrected chi connectivity index (χ3v) is 4.81. The third-order valence-electron chi connectivity index (χ3n) is 4.81. The molecule has 0 radical (unpaired) electrons. The number of nitrogens with zero attached hydrogens (tertiary/aromatic N) is 3. The lowest BCUT2D eigenvalue weighted by atomic mass is 10.0. The van der Waals surface area contributed by atoms with E-state index >= 15 is 0 Å². The number of methoxy groups -OCH3 is 1. The summed E-state index contributed by atoms with van der Waals surface area (Å²) in [4.78, 5) is 18.1. The van der Waals surface area contributed by atoms with Gasteiger partial charge in [-0.3, -0.25) is 4.79 Å². The maximum absolute atomic E-state index is 13.3. The van der Waals surface area contributed by atoms with E-state index in [9.17, 15) is 4.79 Å². The Hall–Kier alpha value is -3.09. The van der Waals surface area contributed by atoms with Crippen LogP contribution in [0.2, 0.25) is 0 Å². The quantitative estimate of drug-likeness (QED) is 0.636. The van der Waals surface area contributed by atoms with Gasteiger partial charge in [0.2, 0.25) is 0 Å². The van der Waals surface area contributed by atoms with Crippen LogP contribution in [0.3, 0.4) is 0 Å². The summed E-state index contributed by atoms with van der Waals surface area (Å²) in [5.41, 5.74) is 9.62. The Kier molecular flexibility index (Phi) is 5.26. The van der Waals surface area contributed by atoms with E-state index in [-0.39, 0.29) is 17.4 Å². The third kappa shape index (κ3) is 3.90. The highest BCUT2D eigenvalue weighted by molar-refractivity contribution is 6.13. The second-order valence-electron chi connectivity index (χ2n) is 8.52. The highest BCUT2D eigenvalue weighted by Gasteiger charge is 2.25. The minimum atomic E-state index is -0.264. The Morgan fingerprint density at radius 1 is 1.24 bits per heavy atom. The van der Waals surface area contributed by atoms with Crippen molar-refractivity contribution in [3.05, 3.63) is 41.2 Å². The summed E-state index contributed by atoms with van der Waals surface area (Å²) in [6, 6.07) is 7.02. The molecule has 2 heterocycles. The molecule has 29 heavy (non-hydrogen) atoms. The molecule has 0 saturated carbocycles. The number of nitrogen functional groups attached to an aromatic ring is 1. The fourth-order valence-corrected chi connectivity index (χ4v) is 3.21. The molecule has 3 N–H and O–H groups in total. The number of nitrogens with two attached hydrogens (primary N) is 1. The Morgan fingerprint density at radius 3 is 2.52 bits per heavy atom. The number of nitrogens with one attached hydrogen (secondary N) is 1. The molecule has 0 aliphatic carbocycles. The van der Waals surface area contributed by atoms with Gasteiger partial charge in [0, 0.05) is 11.8 Å². The van der Waals surface area contributed by atoms with E-state index in [1.807, 2.05) is 17.7 Å². The van der Waals surface area contributed by atoms with Crippen LogP contribution < -0.4 is 15.8 Å². The van der Waals surface area contributed by atoms with E-state index in [0.29, 0.717) is 28.3 Å². The van der Waals surface area contributed by atoms with Crippen molar-refractivity contribution in [3.63, 3.8) is 0 Å². The van der Waals surface area contributed by atoms with Gasteiger partial charge < -0.3 is 15.8 Å². The largest absolute Gasteiger partial charge is 0.497 e. The number of pyridine rings is 1. The lowest BCUT2D eigenvalue weighted by molar-refractivity contribution is 0.102. The van der Waals surface area contributed by atoms with Crippen molar-refractivity contribution in [2.24, 2.45) is 0 Å². The molecule has 2 aromatic heterocycles. The lowest BCUT2D eigenvalue weighted by Gasteiger charge is -2.20. The SMILES string of the molecule is COc1ccc(N)c(NC(=O)c2cc(C(C)C)nc3c2c(C)nn3C(C)(C)C)c1. The molecule has 154 valence electrons. The van der Waals surface area contributed by atoms with Crippen LogP contribution in [0.1, 0.15) is 62.3 Å². The van der Waals surface area contributed by atoms with Crippen LogP contribution in [0.5, 0.6) is 5.75 Å². The van der Waals surface area contributed by atoms with E-state index < -0.39 is 0 Å². The lowest BCUT2D eigenvalue weighted by Crippen LogP contribution is -2.24. The highest BCUT2D eigenvalue weighted by atomic mass is 16.5. The van der Waals surface area contributed by atoms with Crippen molar-refractivity contribution in [2.45, 2.75) is 53.0 Å². The molecule has 3 rings (SSSR count). The zero-order valence-electron chi connectivity index (χ0n) is 18.1. The zero-order chi connectivity index (χ0) is 21.5. The second kappa shape index (κ2) is 7.39. The summed E-state index contributed by atoms with van der Waals surface area (Å²) in [5, 5.41) is 8.36. The summed E-state index contributed by atoms with van der Waals surface area (Å²) >= 11 is 0. The number of aromatic nitrogens is 3. The predicted molar refractivity (Wildman–Crippen MR) is 117 cm³/mol. The molecule has 0 saturated heterocycles. The fourth-order valence-electron chi connectivity index (χ4n) is 3.21. The number of rotatable bonds is 4. The number of aryl methyl sites for hydroxylation is 1. The number of hydrogen-bond acceptors (Lipinski definition) is 5. The molecule has 0 spiro atoms. The van der Waals surface area contributed by atoms with E-state index in [0.717, 1.165) is 16.8 Å². The molecule has 7 heteroatoms. The highest BCUT2D eigenvalue weighted by Crippen LogP contribution is 2.30. The molecule has 0 aliphatic heterocycles. The Labute approximate surface area is 171 Å². The maximum atomic E-state index is 13.3. The first-order valence-corrected chi connectivity index (χ1v) is 9.68. The smallest absolute Gasteiger partial charge is 0.256 e. The number of amides is 1. The molecule has 0 atom stereocenters. The van der Waals surface area contributed by atoms with Crippen LogP contribution in [0.4, 0.5) is 11.4 Å². The van der Waals surface area contributed by atoms with Crippen LogP contribution in [-0.4, -0.2) is 27.8 Å². The molecule has 7 nitrogen and oxygen atoms in total. The Balaban J connectivity index is 2.18. The number of carbonyl (C=O) groups excluding carboxylic acids is 1. The van der Waals surface area contributed by atoms with Crippen LogP contribution in [0, 0.1) is 6.92 Å². The topological polar surface area (TPSA) is 95.1 Å². The van der Waals surface area contributed by atoms with Crippen molar-refractivity contribution in [1.29, 1.82) is 0 Å². The van der Waals surface area contributed by atoms with Crippen molar-refractivity contribution in [3.8, 4) is 5.75 Å². The van der Waals surface area contributed by atoms with Crippen LogP contribution >= 0.6 is 0 Å². The van der Waals surface area contributed by atoms with Crippen molar-refractivity contribution in [1.82, 2.24) is 14.8 Å². The van der Waals surface area contributed by atoms with Crippen LogP contribution in [0.15, 0.2) is 24.3 Å². The Morgan fingerprint density at radius 2 is 1.93 bits per heavy atom. The fraction of sp³-hybridized carbons (Fsp3) is 0.409. The minimum absolute atomic E-state index is 0.163. The van der Waals surface area contributed by atoms with Gasteiger partial charge >= 0.3 is 0 Å². The monoisotopic (exact) mass is 395 g/mol. The van der Waals surface area contributed by atoms with Gasteiger partial charge in [0.1, 0.15) is 5.75 Å². The van der Waals surface area contributed by atoms with Gasteiger partial charge in [-0.2, -0.15) is 5.10 Å². The van der Waals surface area contributed by atoms with Gasteiger partial charge in [-0.15, -0.1) is 0 Å². The van der Waals surface area contributed by atoms with E-state index in [4.69, 9.17) is 15.5 Å². The second-order valence-corrected chi connectivity index (χ2v) is 8.52. The van der Waals surface area contributed by atoms with Crippen LogP contribution in [-0.2, 0) is 5.54 Å². The van der Waals surface area contributed by atoms with Gasteiger partial charge in [0.15, 0.2) is 5.65 Å². The normalized spacial score (nSPS) is 11.9. The summed E-state index contributed by atoms with van der Waals surface area (Å²) < 4.78 is 7.14. The number of hydrogen-bond donors (Lipinski definition) is 2. The first kappa shape index (κ1) is 20.6. The number of anilines is 2. The molecule has 1 aromatic carbocycles. The first-order valence-electron chi connectivity index (χ1n) is 9.68. The summed E-state index contributed by atoms with van der Waals surface area (Å²) in [6.45, 7) is 12.2. The van der Waals surface area contributed by atoms with Crippen molar-refractivity contribution in [2.75, 3.05) is 18.2 Å². The van der Waals surface area contributed by atoms with Crippen molar-refractivity contribution < 1.29 is 9.53 Å². The zero-order valence-corrected chi connectivity index (χ0v) is 18.1. The Bertz CT molecular complexity index is 1080. The number of fused-ring (bicyclic) bond motifs is 1. The molecule has 0 unspecified atom stereocenters. The molecule has 1 amide bonds. The van der Waals surface area contributed by atoms with Gasteiger partial charge in [0.05, 0.1) is 40.7 Å². The standard InChI is InChI=1S/C22H29N5O2/c1-12(2)17-11-15(19-13(3)26-27(20(19)24-17)22(4,5)6)21(28)25-18-10-14(29-7)8-9-16(18)23/h8-12H,23H2,1-7H3,(H,25,28). The van der Waals surface area contributed by atoms with Crippen molar-refractivity contribution >= 4 is 28.3 Å². The average molecular weight is 396 g/mol. The number of ether oxygens (including phenoxy) is 1. The molecule has 3 aromatic rings. The number of carbonyl (C=O) groups is 1. The minimum Gasteiger partial charge on any atom is -0.497 e. The number of benzene rings is 1. The predicted octanol–water partition coefficient (Wildman–Crippen LogP) is 4.46. The molecule has 0 bridgehead atoms. The van der Waals surface area contributed by atoms with E-state index in [1.54, 1.807) is 25.3 Å². The van der Waals surface area contributed by atoms with E-state index in [1.165, 1.54) is 0 Å². The molecule has 0 aliphatic rings. The van der Waals surface area contributed by atoms with Gasteiger partial charge in [-0.25, -0.2) is 9.67 Å². The summed E-state index contributed by atoms with van der Waals surface area (Å²) in [6.07, 6.45) is 0. The van der Waals surface area contributed by atoms with Crippen LogP contribution in [0.25, 0.3) is 11.0 Å². The first-order chi connectivity index (χ1) is 13.5. The molecular formula is C22H29N5O2. The summed E-state index contributed by atoms with van der Waals surface area (Å²) in [7, 11) is 1.57. The maximum Gasteiger partial charge on any atom is 0.256 e. The average Bonchev–Trinajstić information content (AvgIpc) is 3.00. The molecule has 0 fully saturated rings. The van der Waals surface area contributed by atoms with Gasteiger partial charge in [0.25, 0.3) is 5.91 Å². The molecular weight excluding hydrogens is 366 g/mol. The van der Waals surface area contributed by atoms with E-state index in [2.05, 4.69) is 45.0 Å². The summed E-state index contributed by atoms with van der Waals surface area (Å²) in [5.74, 6) is 0.529.